The molecule has 0 aliphatic carbocycles. The fourth-order valence-corrected chi connectivity index (χ4v) is 4.36. The van der Waals surface area contributed by atoms with Gasteiger partial charge in [-0.25, -0.2) is 18.7 Å². The van der Waals surface area contributed by atoms with Gasteiger partial charge in [0.15, 0.2) is 0 Å². The highest BCUT2D eigenvalue weighted by Crippen LogP contribution is 2.33. The van der Waals surface area contributed by atoms with Crippen molar-refractivity contribution in [1.29, 1.82) is 0 Å². The first kappa shape index (κ1) is 27.6. The average molecular weight is 548 g/mol. The number of rotatable bonds is 7. The van der Waals surface area contributed by atoms with Crippen molar-refractivity contribution in [2.45, 2.75) is 19.1 Å². The Hall–Kier alpha value is -3.38. The molecule has 2 N–H and O–H groups in total. The normalized spacial score (nSPS) is 19.3. The Kier molecular flexibility index (Phi) is 9.40. The molecule has 12 heteroatoms. The van der Waals surface area contributed by atoms with Crippen LogP contribution in [0.4, 0.5) is 26.0 Å². The number of nitrogens with one attached hydrogen (secondary N) is 2. The zero-order chi connectivity index (χ0) is 27.1. The lowest BCUT2D eigenvalue weighted by Crippen LogP contribution is -2.36. The number of likely N-dealkylation sites (tertiary alicyclic amines) is 1. The Balaban J connectivity index is 0.000000204. The maximum atomic E-state index is 13.3. The number of aromatic nitrogens is 2. The summed E-state index contributed by atoms with van der Waals surface area (Å²) in [4.78, 5) is 21.3. The quantitative estimate of drug-likeness (QED) is 0.411. The van der Waals surface area contributed by atoms with Gasteiger partial charge < -0.3 is 24.8 Å². The van der Waals surface area contributed by atoms with E-state index in [0.717, 1.165) is 13.1 Å². The number of methoxy groups -OCH3 is 1. The molecule has 0 spiro atoms. The fourth-order valence-electron chi connectivity index (χ4n) is 4.18. The van der Waals surface area contributed by atoms with Crippen molar-refractivity contribution >= 4 is 46.1 Å². The Morgan fingerprint density at radius 1 is 1.21 bits per heavy atom. The Morgan fingerprint density at radius 3 is 2.58 bits per heavy atom. The Bertz CT molecular complexity index is 1290. The molecule has 0 bridgehead atoms. The fraction of sp³-hybridized carbons (Fsp3) is 0.346. The minimum absolute atomic E-state index is 0.00309. The number of benzene rings is 2. The third-order valence-electron chi connectivity index (χ3n) is 6.02. The van der Waals surface area contributed by atoms with Crippen LogP contribution >= 0.6 is 11.6 Å². The van der Waals surface area contributed by atoms with Gasteiger partial charge in [-0.2, -0.15) is 0 Å². The molecule has 0 saturated carbocycles. The molecule has 38 heavy (non-hydrogen) atoms. The van der Waals surface area contributed by atoms with Crippen LogP contribution in [0.5, 0.6) is 5.75 Å². The van der Waals surface area contributed by atoms with Crippen LogP contribution in [0.25, 0.3) is 10.9 Å². The van der Waals surface area contributed by atoms with Crippen molar-refractivity contribution < 1.29 is 27.8 Å². The summed E-state index contributed by atoms with van der Waals surface area (Å²) in [6, 6.07) is 7.64. The van der Waals surface area contributed by atoms with Gasteiger partial charge in [0.25, 0.3) is 0 Å². The molecular weight excluding hydrogens is 520 g/mol. The molecule has 1 aromatic heterocycles. The van der Waals surface area contributed by atoms with Crippen molar-refractivity contribution in [2.24, 2.45) is 0 Å². The number of hydrogen-bond acceptors (Lipinski definition) is 8. The highest BCUT2D eigenvalue weighted by molar-refractivity contribution is 6.31. The Labute approximate surface area is 223 Å². The van der Waals surface area contributed by atoms with Crippen LogP contribution in [0.1, 0.15) is 6.92 Å². The zero-order valence-electron chi connectivity index (χ0n) is 20.9. The minimum atomic E-state index is -0.503. The lowest BCUT2D eigenvalue weighted by Gasteiger charge is -2.24. The summed E-state index contributed by atoms with van der Waals surface area (Å²) >= 11 is 5.79. The molecule has 3 heterocycles. The minimum Gasteiger partial charge on any atom is -0.494 e. The highest BCUT2D eigenvalue weighted by atomic mass is 35.5. The van der Waals surface area contributed by atoms with Gasteiger partial charge in [0.2, 0.25) is 6.41 Å². The van der Waals surface area contributed by atoms with E-state index in [1.165, 1.54) is 32.5 Å². The SMILES string of the molecule is C/C(F)=C\CN1CC2OCCOC2C1.COc1cc2ncnc(Nc3ccc(F)c(Cl)c3)c2cc1NC=O. The lowest BCUT2D eigenvalue weighted by molar-refractivity contribution is -0.116. The number of ether oxygens (including phenoxy) is 3. The first-order chi connectivity index (χ1) is 18.4. The summed E-state index contributed by atoms with van der Waals surface area (Å²) in [5.74, 6) is 0.335. The zero-order valence-corrected chi connectivity index (χ0v) is 21.7. The molecule has 2 fully saturated rings. The maximum Gasteiger partial charge on any atom is 0.211 e. The van der Waals surface area contributed by atoms with E-state index in [-0.39, 0.29) is 23.1 Å². The van der Waals surface area contributed by atoms with Crippen LogP contribution in [0.15, 0.2) is 48.6 Å². The molecule has 3 aromatic rings. The molecule has 9 nitrogen and oxygen atoms in total. The van der Waals surface area contributed by atoms with Gasteiger partial charge in [0.05, 0.1) is 54.6 Å². The number of amides is 1. The van der Waals surface area contributed by atoms with E-state index in [2.05, 4.69) is 25.5 Å². The molecule has 2 aromatic carbocycles. The molecule has 2 aliphatic heterocycles. The maximum absolute atomic E-state index is 13.3. The number of halogens is 3. The summed E-state index contributed by atoms with van der Waals surface area (Å²) in [6.07, 6.45) is 3.92. The monoisotopic (exact) mass is 547 g/mol. The molecular formula is C26H28ClF2N5O4. The van der Waals surface area contributed by atoms with E-state index in [1.807, 2.05) is 0 Å². The standard InChI is InChI=1S/C16H12ClFN4O2.C10H16FNO2/c1-24-15-6-13-10(5-14(15)21-8-23)16(20-7-19-13)22-9-2-3-12(18)11(17)4-9;1-8(11)2-3-12-6-9-10(7-12)14-5-4-13-9/h2-8H,1H3,(H,21,23)(H,19,20,22);2,9-10H,3-7H2,1H3/b;8-2+. The van der Waals surface area contributed by atoms with Gasteiger partial charge in [0, 0.05) is 36.8 Å². The van der Waals surface area contributed by atoms with Crippen LogP contribution in [0, 0.1) is 5.82 Å². The second-order valence-electron chi connectivity index (χ2n) is 8.64. The molecule has 5 rings (SSSR count). The van der Waals surface area contributed by atoms with Gasteiger partial charge in [-0.05, 0) is 37.3 Å². The second-order valence-corrected chi connectivity index (χ2v) is 9.04. The molecule has 2 unspecified atom stereocenters. The van der Waals surface area contributed by atoms with E-state index in [0.29, 0.717) is 60.0 Å². The lowest BCUT2D eigenvalue weighted by atomic mass is 10.2. The molecule has 0 radical (unpaired) electrons. The van der Waals surface area contributed by atoms with Crippen LogP contribution < -0.4 is 15.4 Å². The number of carbonyl (C=O) groups excluding carboxylic acids is 1. The van der Waals surface area contributed by atoms with Crippen molar-refractivity contribution in [1.82, 2.24) is 14.9 Å². The van der Waals surface area contributed by atoms with Crippen LogP contribution in [-0.4, -0.2) is 73.4 Å². The van der Waals surface area contributed by atoms with E-state index < -0.39 is 5.82 Å². The molecule has 1 amide bonds. The molecule has 202 valence electrons. The molecule has 2 atom stereocenters. The largest absolute Gasteiger partial charge is 0.494 e. The predicted molar refractivity (Wildman–Crippen MR) is 141 cm³/mol. The van der Waals surface area contributed by atoms with Crippen molar-refractivity contribution in [3.8, 4) is 5.75 Å². The number of anilines is 3. The van der Waals surface area contributed by atoms with Crippen molar-refractivity contribution in [2.75, 3.05) is 50.6 Å². The summed E-state index contributed by atoms with van der Waals surface area (Å²) < 4.78 is 42.1. The van der Waals surface area contributed by atoms with Crippen LogP contribution in [-0.2, 0) is 14.3 Å². The van der Waals surface area contributed by atoms with Gasteiger partial charge in [-0.3, -0.25) is 9.69 Å². The third-order valence-corrected chi connectivity index (χ3v) is 6.31. The van der Waals surface area contributed by atoms with E-state index in [1.54, 1.807) is 24.3 Å². The topological polar surface area (TPSA) is 97.8 Å². The average Bonchev–Trinajstić information content (AvgIpc) is 3.33. The number of carbonyl (C=O) groups is 1. The van der Waals surface area contributed by atoms with Crippen molar-refractivity contribution in [3.05, 3.63) is 59.4 Å². The third kappa shape index (κ3) is 6.93. The number of hydrogen-bond donors (Lipinski definition) is 2. The van der Waals surface area contributed by atoms with E-state index >= 15 is 0 Å². The van der Waals surface area contributed by atoms with Gasteiger partial charge >= 0.3 is 0 Å². The first-order valence-corrected chi connectivity index (χ1v) is 12.3. The summed E-state index contributed by atoms with van der Waals surface area (Å²) in [7, 11) is 1.50. The Morgan fingerprint density at radius 2 is 1.95 bits per heavy atom. The number of nitrogens with zero attached hydrogens (tertiary/aromatic N) is 3. The van der Waals surface area contributed by atoms with Gasteiger partial charge in [0.1, 0.15) is 23.7 Å². The van der Waals surface area contributed by atoms with E-state index in [9.17, 15) is 13.6 Å². The summed E-state index contributed by atoms with van der Waals surface area (Å²) in [5, 5.41) is 6.29. The molecule has 2 aliphatic rings. The smallest absolute Gasteiger partial charge is 0.211 e. The summed E-state index contributed by atoms with van der Waals surface area (Å²) in [5.41, 5.74) is 1.67. The highest BCUT2D eigenvalue weighted by Gasteiger charge is 2.35. The number of fused-ring (bicyclic) bond motifs is 2. The first-order valence-electron chi connectivity index (χ1n) is 11.9. The summed E-state index contributed by atoms with van der Waals surface area (Å²) in [6.45, 7) is 5.21. The van der Waals surface area contributed by atoms with Crippen LogP contribution in [0.2, 0.25) is 5.02 Å². The van der Waals surface area contributed by atoms with Gasteiger partial charge in [-0.1, -0.05) is 11.6 Å². The molecule has 2 saturated heterocycles. The van der Waals surface area contributed by atoms with Gasteiger partial charge in [-0.15, -0.1) is 0 Å². The number of allylic oxidation sites excluding steroid dienone is 1. The van der Waals surface area contributed by atoms with E-state index in [4.69, 9.17) is 25.8 Å². The predicted octanol–water partition coefficient (Wildman–Crippen LogP) is 4.70. The second kappa shape index (κ2) is 12.9. The van der Waals surface area contributed by atoms with Crippen LogP contribution in [0.3, 0.4) is 0 Å². The van der Waals surface area contributed by atoms with Crippen molar-refractivity contribution in [3.63, 3.8) is 0 Å².